The lowest BCUT2D eigenvalue weighted by Crippen LogP contribution is -2.35. The number of carboxylic acid groups (broad SMARTS) is 1. The maximum Gasteiger partial charge on any atom is 0.303 e. The Morgan fingerprint density at radius 1 is 1.28 bits per heavy atom. The highest BCUT2D eigenvalue weighted by Gasteiger charge is 2.48. The minimum absolute atomic E-state index is 0.105. The van der Waals surface area contributed by atoms with Crippen LogP contribution in [0.3, 0.4) is 0 Å². The molecule has 2 heteroatoms. The van der Waals surface area contributed by atoms with Crippen molar-refractivity contribution in [2.75, 3.05) is 0 Å². The van der Waals surface area contributed by atoms with Crippen LogP contribution in [0, 0.1) is 16.7 Å². The number of carboxylic acids is 1. The van der Waals surface area contributed by atoms with Gasteiger partial charge >= 0.3 is 5.97 Å². The Labute approximate surface area is 151 Å². The number of hydrogen-bond acceptors (Lipinski definition) is 1. The molecule has 3 atom stereocenters. The first-order valence-corrected chi connectivity index (χ1v) is 9.87. The Hall–Kier alpha value is -1.57. The van der Waals surface area contributed by atoms with Gasteiger partial charge in [0.15, 0.2) is 0 Å². The molecule has 0 aromatic rings. The van der Waals surface area contributed by atoms with Crippen LogP contribution in [-0.4, -0.2) is 11.1 Å². The summed E-state index contributed by atoms with van der Waals surface area (Å²) < 4.78 is 0. The molecule has 4 aliphatic carbocycles. The largest absolute Gasteiger partial charge is 0.481 e. The van der Waals surface area contributed by atoms with Crippen molar-refractivity contribution in [2.45, 2.75) is 71.6 Å². The predicted octanol–water partition coefficient (Wildman–Crippen LogP) is 5.97. The van der Waals surface area contributed by atoms with E-state index in [0.29, 0.717) is 12.3 Å². The molecule has 0 radical (unpaired) electrons. The van der Waals surface area contributed by atoms with Crippen LogP contribution in [0.4, 0.5) is 0 Å². The zero-order chi connectivity index (χ0) is 17.8. The molecule has 0 spiro atoms. The standard InChI is InChI=1S/C23H30O2/c1-15-8-13-23(3)16(14-15)4-5-17-18-9-11-22(2,12-10-21(24)25)19(18)6-7-20(17)23/h7,14,17H,1,4-6,8-13H2,2-3H3,(H,24,25)/t17?,22-,23-/m0/s1. The molecule has 0 aromatic carbocycles. The van der Waals surface area contributed by atoms with E-state index in [1.54, 1.807) is 22.3 Å². The molecular formula is C23H30O2. The second kappa shape index (κ2) is 5.72. The van der Waals surface area contributed by atoms with Crippen LogP contribution in [0.2, 0.25) is 0 Å². The summed E-state index contributed by atoms with van der Waals surface area (Å²) in [6.07, 6.45) is 14.1. The molecular weight excluding hydrogens is 308 g/mol. The van der Waals surface area contributed by atoms with Crippen LogP contribution in [0.5, 0.6) is 0 Å². The molecule has 2 nitrogen and oxygen atoms in total. The van der Waals surface area contributed by atoms with Crippen molar-refractivity contribution < 1.29 is 9.90 Å². The van der Waals surface area contributed by atoms with Gasteiger partial charge in [0, 0.05) is 17.8 Å². The first-order chi connectivity index (χ1) is 11.8. The summed E-state index contributed by atoms with van der Waals surface area (Å²) in [5.74, 6) is -0.0476. The average molecular weight is 338 g/mol. The third kappa shape index (κ3) is 2.56. The summed E-state index contributed by atoms with van der Waals surface area (Å²) >= 11 is 0. The number of rotatable bonds is 3. The molecule has 0 saturated heterocycles. The highest BCUT2D eigenvalue weighted by atomic mass is 16.4. The highest BCUT2D eigenvalue weighted by molar-refractivity contribution is 5.67. The van der Waals surface area contributed by atoms with Gasteiger partial charge < -0.3 is 5.11 Å². The fraction of sp³-hybridized carbons (Fsp3) is 0.609. The van der Waals surface area contributed by atoms with Crippen LogP contribution < -0.4 is 0 Å². The van der Waals surface area contributed by atoms with Crippen molar-refractivity contribution in [3.8, 4) is 0 Å². The van der Waals surface area contributed by atoms with Gasteiger partial charge in [0.05, 0.1) is 0 Å². The van der Waals surface area contributed by atoms with Crippen molar-refractivity contribution in [1.29, 1.82) is 0 Å². The first-order valence-electron chi connectivity index (χ1n) is 9.87. The summed E-state index contributed by atoms with van der Waals surface area (Å²) in [4.78, 5) is 11.1. The summed E-state index contributed by atoms with van der Waals surface area (Å²) in [5.41, 5.74) is 8.16. The third-order valence-electron chi connectivity index (χ3n) is 7.65. The summed E-state index contributed by atoms with van der Waals surface area (Å²) in [7, 11) is 0. The van der Waals surface area contributed by atoms with Gasteiger partial charge in [-0.05, 0) is 56.8 Å². The molecule has 0 bridgehead atoms. The van der Waals surface area contributed by atoms with E-state index >= 15 is 0 Å². The molecule has 134 valence electrons. The molecule has 1 N–H and O–H groups in total. The van der Waals surface area contributed by atoms with Crippen molar-refractivity contribution in [2.24, 2.45) is 16.7 Å². The van der Waals surface area contributed by atoms with Crippen molar-refractivity contribution in [1.82, 2.24) is 0 Å². The summed E-state index contributed by atoms with van der Waals surface area (Å²) in [6, 6.07) is 0. The number of fused-ring (bicyclic) bond motifs is 4. The van der Waals surface area contributed by atoms with E-state index < -0.39 is 5.97 Å². The quantitative estimate of drug-likeness (QED) is 0.644. The maximum absolute atomic E-state index is 11.1. The molecule has 0 heterocycles. The van der Waals surface area contributed by atoms with Gasteiger partial charge in [-0.3, -0.25) is 4.79 Å². The lowest BCUT2D eigenvalue weighted by atomic mass is 9.56. The summed E-state index contributed by atoms with van der Waals surface area (Å²) in [5, 5.41) is 9.12. The Balaban J connectivity index is 1.65. The number of allylic oxidation sites excluding steroid dienone is 7. The second-order valence-electron chi connectivity index (χ2n) is 9.07. The van der Waals surface area contributed by atoms with E-state index in [4.69, 9.17) is 5.11 Å². The monoisotopic (exact) mass is 338 g/mol. The highest BCUT2D eigenvalue weighted by Crippen LogP contribution is 2.61. The molecule has 0 amide bonds. The van der Waals surface area contributed by atoms with Gasteiger partial charge in [-0.1, -0.05) is 60.4 Å². The van der Waals surface area contributed by atoms with Crippen LogP contribution >= 0.6 is 0 Å². The summed E-state index contributed by atoms with van der Waals surface area (Å²) in [6.45, 7) is 8.95. The van der Waals surface area contributed by atoms with E-state index in [9.17, 15) is 4.79 Å². The van der Waals surface area contributed by atoms with Crippen molar-refractivity contribution in [3.05, 3.63) is 46.6 Å². The maximum atomic E-state index is 11.1. The second-order valence-corrected chi connectivity index (χ2v) is 9.07. The van der Waals surface area contributed by atoms with Crippen molar-refractivity contribution in [3.63, 3.8) is 0 Å². The molecule has 1 unspecified atom stereocenters. The van der Waals surface area contributed by atoms with Crippen LogP contribution in [0.25, 0.3) is 0 Å². The van der Waals surface area contributed by atoms with Gasteiger partial charge in [-0.2, -0.15) is 0 Å². The topological polar surface area (TPSA) is 37.3 Å². The molecule has 0 aliphatic heterocycles. The number of carbonyl (C=O) groups is 1. The molecule has 0 aromatic heterocycles. The lowest BCUT2D eigenvalue weighted by Gasteiger charge is -2.48. The van der Waals surface area contributed by atoms with Gasteiger partial charge in [0.25, 0.3) is 0 Å². The Morgan fingerprint density at radius 3 is 2.84 bits per heavy atom. The Kier molecular flexibility index (Phi) is 3.86. The number of aliphatic carboxylic acids is 1. The number of hydrogen-bond donors (Lipinski definition) is 1. The fourth-order valence-corrected chi connectivity index (χ4v) is 6.03. The SMILES string of the molecule is C=C1C=C2CCC3C(=CCC4=C3CC[C@@]4(C)CCC(=O)O)[C@@]2(C)CC1. The van der Waals surface area contributed by atoms with Crippen LogP contribution in [-0.2, 0) is 4.79 Å². The van der Waals surface area contributed by atoms with Crippen molar-refractivity contribution >= 4 is 5.97 Å². The fourth-order valence-electron chi connectivity index (χ4n) is 6.03. The van der Waals surface area contributed by atoms with Gasteiger partial charge in [0.2, 0.25) is 0 Å². The normalized spacial score (nSPS) is 37.0. The smallest absolute Gasteiger partial charge is 0.303 e. The third-order valence-corrected chi connectivity index (χ3v) is 7.65. The van der Waals surface area contributed by atoms with E-state index in [-0.39, 0.29) is 10.8 Å². The van der Waals surface area contributed by atoms with Crippen LogP contribution in [0.1, 0.15) is 71.6 Å². The molecule has 4 rings (SSSR count). The lowest BCUT2D eigenvalue weighted by molar-refractivity contribution is -0.137. The zero-order valence-electron chi connectivity index (χ0n) is 15.7. The van der Waals surface area contributed by atoms with Gasteiger partial charge in [-0.15, -0.1) is 0 Å². The van der Waals surface area contributed by atoms with E-state index in [1.165, 1.54) is 31.3 Å². The predicted molar refractivity (Wildman–Crippen MR) is 101 cm³/mol. The Morgan fingerprint density at radius 2 is 2.08 bits per heavy atom. The average Bonchev–Trinajstić information content (AvgIpc) is 2.92. The molecule has 1 saturated carbocycles. The van der Waals surface area contributed by atoms with Gasteiger partial charge in [0.1, 0.15) is 0 Å². The molecule has 4 aliphatic rings. The van der Waals surface area contributed by atoms with E-state index in [1.807, 2.05) is 0 Å². The minimum Gasteiger partial charge on any atom is -0.481 e. The molecule has 25 heavy (non-hydrogen) atoms. The van der Waals surface area contributed by atoms with E-state index in [2.05, 4.69) is 32.6 Å². The minimum atomic E-state index is -0.662. The Bertz CT molecular complexity index is 735. The van der Waals surface area contributed by atoms with E-state index in [0.717, 1.165) is 25.7 Å². The van der Waals surface area contributed by atoms with Gasteiger partial charge in [-0.25, -0.2) is 0 Å². The molecule has 1 fully saturated rings. The van der Waals surface area contributed by atoms with Crippen LogP contribution in [0.15, 0.2) is 46.6 Å². The first kappa shape index (κ1) is 16.9. The zero-order valence-corrected chi connectivity index (χ0v) is 15.7.